The van der Waals surface area contributed by atoms with Gasteiger partial charge >= 0.3 is 0 Å². The molecule has 0 saturated carbocycles. The van der Waals surface area contributed by atoms with Crippen LogP contribution in [0, 0.1) is 5.82 Å². The van der Waals surface area contributed by atoms with Gasteiger partial charge in [-0.05, 0) is 89.1 Å². The van der Waals surface area contributed by atoms with Gasteiger partial charge in [-0.15, -0.1) is 0 Å². The Bertz CT molecular complexity index is 1810. The van der Waals surface area contributed by atoms with E-state index in [0.29, 0.717) is 35.1 Å². The molecular weight excluding hydrogens is 635 g/mol. The van der Waals surface area contributed by atoms with Gasteiger partial charge in [0.05, 0.1) is 33.2 Å². The van der Waals surface area contributed by atoms with Gasteiger partial charge in [-0.2, -0.15) is 0 Å². The lowest BCUT2D eigenvalue weighted by Crippen LogP contribution is -2.35. The highest BCUT2D eigenvalue weighted by Crippen LogP contribution is 2.44. The lowest BCUT2D eigenvalue weighted by molar-refractivity contribution is -0.122. The topological polar surface area (TPSA) is 125 Å². The van der Waals surface area contributed by atoms with Crippen LogP contribution in [0.1, 0.15) is 73.4 Å². The minimum atomic E-state index is -0.678. The number of amides is 4. The third kappa shape index (κ3) is 6.13. The molecule has 2 aliphatic heterocycles. The Balaban J connectivity index is 0.000000188. The number of anilines is 4. The monoisotopic (exact) mass is 670 g/mol. The Morgan fingerprint density at radius 3 is 1.60 bits per heavy atom. The molecule has 10 nitrogen and oxygen atoms in total. The van der Waals surface area contributed by atoms with Crippen LogP contribution in [0.4, 0.5) is 27.1 Å². The van der Waals surface area contributed by atoms with E-state index in [2.05, 4.69) is 20.6 Å². The molecule has 0 bridgehead atoms. The summed E-state index contributed by atoms with van der Waals surface area (Å²) in [5.74, 6) is -1.44. The van der Waals surface area contributed by atoms with E-state index in [1.54, 1.807) is 34.1 Å². The van der Waals surface area contributed by atoms with Crippen molar-refractivity contribution in [3.63, 3.8) is 0 Å². The zero-order valence-electron chi connectivity index (χ0n) is 27.5. The van der Waals surface area contributed by atoms with Crippen LogP contribution in [0.3, 0.4) is 0 Å². The molecular formula is C36H36ClFN6O4. The normalized spacial score (nSPS) is 15.3. The summed E-state index contributed by atoms with van der Waals surface area (Å²) in [7, 11) is 0. The molecule has 4 aromatic rings. The SMILES string of the molecule is CCN1C(=O)C(C)(C)c2ccc(NC(=O)c3ccncc3Cl)cc21.CCN1C(=O)C(C)(C)c2ccc(NC(=O)c3ccncc3F)cc21. The van der Waals surface area contributed by atoms with Crippen LogP contribution in [0.15, 0.2) is 73.3 Å². The average molecular weight is 671 g/mol. The fourth-order valence-electron chi connectivity index (χ4n) is 5.99. The second kappa shape index (κ2) is 13.2. The molecule has 6 rings (SSSR count). The third-order valence-corrected chi connectivity index (χ3v) is 8.97. The van der Waals surface area contributed by atoms with Crippen molar-refractivity contribution >= 4 is 58.0 Å². The average Bonchev–Trinajstić information content (AvgIpc) is 3.37. The first-order chi connectivity index (χ1) is 22.7. The van der Waals surface area contributed by atoms with E-state index in [9.17, 15) is 23.6 Å². The number of likely N-dealkylation sites (N-methyl/N-ethyl adjacent to an activating group) is 2. The summed E-state index contributed by atoms with van der Waals surface area (Å²) in [5.41, 5.74) is 3.77. The number of rotatable bonds is 6. The second-order valence-corrected chi connectivity index (χ2v) is 12.8. The van der Waals surface area contributed by atoms with Gasteiger partial charge in [0, 0.05) is 54.4 Å². The molecule has 248 valence electrons. The first-order valence-corrected chi connectivity index (χ1v) is 15.8. The van der Waals surface area contributed by atoms with Crippen molar-refractivity contribution in [1.82, 2.24) is 9.97 Å². The predicted octanol–water partition coefficient (Wildman–Crippen LogP) is 6.75. The molecule has 12 heteroatoms. The van der Waals surface area contributed by atoms with Gasteiger partial charge in [-0.3, -0.25) is 29.1 Å². The number of nitrogens with zero attached hydrogens (tertiary/aromatic N) is 4. The molecule has 2 N–H and O–H groups in total. The minimum absolute atomic E-state index is 0.0312. The van der Waals surface area contributed by atoms with Gasteiger partial charge in [0.1, 0.15) is 0 Å². The van der Waals surface area contributed by atoms with Crippen LogP contribution in [-0.4, -0.2) is 46.7 Å². The van der Waals surface area contributed by atoms with E-state index >= 15 is 0 Å². The summed E-state index contributed by atoms with van der Waals surface area (Å²) < 4.78 is 13.7. The zero-order valence-corrected chi connectivity index (χ0v) is 28.3. The van der Waals surface area contributed by atoms with Crippen molar-refractivity contribution in [3.05, 3.63) is 106 Å². The number of hydrogen-bond donors (Lipinski definition) is 2. The van der Waals surface area contributed by atoms with Crippen LogP contribution in [0.2, 0.25) is 5.02 Å². The summed E-state index contributed by atoms with van der Waals surface area (Å²) in [5, 5.41) is 5.79. The van der Waals surface area contributed by atoms with Gasteiger partial charge < -0.3 is 20.4 Å². The van der Waals surface area contributed by atoms with Crippen molar-refractivity contribution in [3.8, 4) is 0 Å². The van der Waals surface area contributed by atoms with Gasteiger partial charge in [0.25, 0.3) is 11.8 Å². The largest absolute Gasteiger partial charge is 0.322 e. The van der Waals surface area contributed by atoms with E-state index < -0.39 is 22.6 Å². The molecule has 4 amide bonds. The van der Waals surface area contributed by atoms with Crippen molar-refractivity contribution in [2.75, 3.05) is 33.5 Å². The fourth-order valence-corrected chi connectivity index (χ4v) is 6.20. The van der Waals surface area contributed by atoms with E-state index in [1.807, 2.05) is 59.7 Å². The summed E-state index contributed by atoms with van der Waals surface area (Å²) in [6.45, 7) is 12.6. The van der Waals surface area contributed by atoms with Gasteiger partial charge in [0.2, 0.25) is 11.8 Å². The number of benzene rings is 2. The third-order valence-electron chi connectivity index (χ3n) is 8.67. The second-order valence-electron chi connectivity index (χ2n) is 12.4. The van der Waals surface area contributed by atoms with E-state index in [4.69, 9.17) is 11.6 Å². The summed E-state index contributed by atoms with van der Waals surface area (Å²) >= 11 is 6.01. The lowest BCUT2D eigenvalue weighted by atomic mass is 9.86. The number of nitrogens with one attached hydrogen (secondary N) is 2. The quantitative estimate of drug-likeness (QED) is 0.234. The van der Waals surface area contributed by atoms with Crippen LogP contribution >= 0.6 is 11.6 Å². The first-order valence-electron chi connectivity index (χ1n) is 15.5. The van der Waals surface area contributed by atoms with Gasteiger partial charge in [0.15, 0.2) is 5.82 Å². The Kier molecular flexibility index (Phi) is 9.37. The minimum Gasteiger partial charge on any atom is -0.322 e. The van der Waals surface area contributed by atoms with Crippen LogP contribution < -0.4 is 20.4 Å². The van der Waals surface area contributed by atoms with Crippen LogP contribution in [0.25, 0.3) is 0 Å². The van der Waals surface area contributed by atoms with Crippen molar-refractivity contribution < 1.29 is 23.6 Å². The Labute approximate surface area is 283 Å². The molecule has 0 radical (unpaired) electrons. The standard InChI is InChI=1S/C18H18ClN3O2.C18H18FN3O2/c2*1-4-22-15-9-11(5-6-13(15)18(2,3)17(22)24)21-16(23)12-7-8-20-10-14(12)19/h2*5-10H,4H2,1-3H3,(H,21,23). The molecule has 0 atom stereocenters. The summed E-state index contributed by atoms with van der Waals surface area (Å²) in [4.78, 5) is 60.5. The molecule has 0 saturated heterocycles. The number of hydrogen-bond acceptors (Lipinski definition) is 6. The molecule has 0 unspecified atom stereocenters. The number of aromatic nitrogens is 2. The Hall–Kier alpha value is -5.16. The van der Waals surface area contributed by atoms with Crippen molar-refractivity contribution in [2.24, 2.45) is 0 Å². The highest BCUT2D eigenvalue weighted by Gasteiger charge is 2.44. The molecule has 2 aromatic carbocycles. The number of halogens is 2. The number of carbonyl (C=O) groups is 4. The van der Waals surface area contributed by atoms with Crippen molar-refractivity contribution in [2.45, 2.75) is 52.4 Å². The number of carbonyl (C=O) groups excluding carboxylic acids is 4. The molecule has 2 aliphatic rings. The predicted molar refractivity (Wildman–Crippen MR) is 184 cm³/mol. The smallest absolute Gasteiger partial charge is 0.258 e. The maximum absolute atomic E-state index is 13.7. The summed E-state index contributed by atoms with van der Waals surface area (Å²) in [6.07, 6.45) is 5.31. The van der Waals surface area contributed by atoms with Gasteiger partial charge in [-0.25, -0.2) is 4.39 Å². The fraction of sp³-hybridized carbons (Fsp3) is 0.278. The molecule has 0 spiro atoms. The molecule has 0 fully saturated rings. The van der Waals surface area contributed by atoms with Crippen LogP contribution in [0.5, 0.6) is 0 Å². The molecule has 4 heterocycles. The molecule has 0 aliphatic carbocycles. The van der Waals surface area contributed by atoms with E-state index in [-0.39, 0.29) is 23.3 Å². The first kappa shape index (κ1) is 34.2. The number of pyridine rings is 2. The number of fused-ring (bicyclic) bond motifs is 2. The highest BCUT2D eigenvalue weighted by molar-refractivity contribution is 6.34. The highest BCUT2D eigenvalue weighted by atomic mass is 35.5. The maximum Gasteiger partial charge on any atom is 0.258 e. The Morgan fingerprint density at radius 2 is 1.17 bits per heavy atom. The van der Waals surface area contributed by atoms with Gasteiger partial charge in [-0.1, -0.05) is 23.7 Å². The lowest BCUT2D eigenvalue weighted by Gasteiger charge is -2.18. The maximum atomic E-state index is 13.7. The summed E-state index contributed by atoms with van der Waals surface area (Å²) in [6, 6.07) is 13.7. The van der Waals surface area contributed by atoms with E-state index in [0.717, 1.165) is 28.7 Å². The Morgan fingerprint density at radius 1 is 0.729 bits per heavy atom. The zero-order chi connectivity index (χ0) is 35.0. The van der Waals surface area contributed by atoms with Crippen molar-refractivity contribution in [1.29, 1.82) is 0 Å². The van der Waals surface area contributed by atoms with E-state index in [1.165, 1.54) is 24.7 Å². The van der Waals surface area contributed by atoms with Crippen LogP contribution in [-0.2, 0) is 20.4 Å². The molecule has 2 aromatic heterocycles. The molecule has 48 heavy (non-hydrogen) atoms.